The number of carbonyl (C=O) groups excluding carboxylic acids is 1. The molecule has 1 aromatic carbocycles. The average Bonchev–Trinajstić information content (AvgIpc) is 2.16. The molecule has 1 heterocycles. The van der Waals surface area contributed by atoms with Crippen LogP contribution in [0.2, 0.25) is 0 Å². The van der Waals surface area contributed by atoms with E-state index in [2.05, 4.69) is 10.6 Å². The Hall–Kier alpha value is -1.35. The quantitative estimate of drug-likeness (QED) is 0.677. The van der Waals surface area contributed by atoms with Crippen LogP contribution in [0.5, 0.6) is 0 Å². The van der Waals surface area contributed by atoms with Crippen molar-refractivity contribution in [1.29, 1.82) is 0 Å². The second kappa shape index (κ2) is 3.18. The highest BCUT2D eigenvalue weighted by molar-refractivity contribution is 5.94. The lowest BCUT2D eigenvalue weighted by molar-refractivity contribution is -0.117. The summed E-state index contributed by atoms with van der Waals surface area (Å²) < 4.78 is 0. The Morgan fingerprint density at radius 2 is 2.23 bits per heavy atom. The lowest BCUT2D eigenvalue weighted by Crippen LogP contribution is -2.29. The lowest BCUT2D eigenvalue weighted by atomic mass is 9.98. The number of hydrogen-bond acceptors (Lipinski definition) is 2. The van der Waals surface area contributed by atoms with Crippen molar-refractivity contribution in [2.75, 3.05) is 12.4 Å². The van der Waals surface area contributed by atoms with Gasteiger partial charge in [0, 0.05) is 18.2 Å². The zero-order chi connectivity index (χ0) is 9.26. The molecule has 2 N–H and O–H groups in total. The average molecular weight is 176 g/mol. The van der Waals surface area contributed by atoms with E-state index in [4.69, 9.17) is 0 Å². The Balaban J connectivity index is 2.42. The minimum Gasteiger partial charge on any atom is -0.326 e. The predicted molar refractivity (Wildman–Crippen MR) is 51.5 cm³/mol. The van der Waals surface area contributed by atoms with Crippen LogP contribution in [0.25, 0.3) is 0 Å². The number of para-hydroxylation sites is 1. The molecule has 1 atom stereocenters. The van der Waals surface area contributed by atoms with Gasteiger partial charge in [-0.3, -0.25) is 4.79 Å². The molecule has 0 saturated heterocycles. The molecule has 0 spiro atoms. The molecule has 0 fully saturated rings. The van der Waals surface area contributed by atoms with E-state index in [-0.39, 0.29) is 11.9 Å². The van der Waals surface area contributed by atoms with Crippen molar-refractivity contribution in [3.8, 4) is 0 Å². The van der Waals surface area contributed by atoms with Crippen LogP contribution in [0, 0.1) is 0 Å². The molecule has 3 nitrogen and oxygen atoms in total. The third-order valence-corrected chi connectivity index (χ3v) is 2.35. The van der Waals surface area contributed by atoms with Gasteiger partial charge in [0.1, 0.15) is 0 Å². The van der Waals surface area contributed by atoms with Crippen LogP contribution < -0.4 is 10.6 Å². The number of nitrogens with one attached hydrogen (secondary N) is 2. The highest BCUT2D eigenvalue weighted by Crippen LogP contribution is 2.29. The fraction of sp³-hybridized carbons (Fsp3) is 0.300. The normalized spacial score (nSPS) is 20.7. The molecule has 0 aromatic heterocycles. The van der Waals surface area contributed by atoms with Gasteiger partial charge in [0.25, 0.3) is 0 Å². The van der Waals surface area contributed by atoms with Gasteiger partial charge in [0.05, 0.1) is 0 Å². The van der Waals surface area contributed by atoms with E-state index < -0.39 is 0 Å². The van der Waals surface area contributed by atoms with Gasteiger partial charge in [-0.25, -0.2) is 0 Å². The van der Waals surface area contributed by atoms with Gasteiger partial charge < -0.3 is 10.6 Å². The van der Waals surface area contributed by atoms with Gasteiger partial charge in [0.2, 0.25) is 5.91 Å². The summed E-state index contributed by atoms with van der Waals surface area (Å²) in [7, 11) is 1.88. The molecule has 2 rings (SSSR count). The fourth-order valence-electron chi connectivity index (χ4n) is 1.67. The van der Waals surface area contributed by atoms with E-state index in [0.717, 1.165) is 5.69 Å². The zero-order valence-corrected chi connectivity index (χ0v) is 7.50. The summed E-state index contributed by atoms with van der Waals surface area (Å²) in [6, 6.07) is 8.04. The Morgan fingerprint density at radius 3 is 3.00 bits per heavy atom. The van der Waals surface area contributed by atoms with E-state index in [1.54, 1.807) is 0 Å². The van der Waals surface area contributed by atoms with Crippen LogP contribution in [-0.4, -0.2) is 13.0 Å². The maximum atomic E-state index is 11.2. The topological polar surface area (TPSA) is 41.1 Å². The molecule has 1 unspecified atom stereocenters. The van der Waals surface area contributed by atoms with Crippen molar-refractivity contribution in [2.24, 2.45) is 0 Å². The number of anilines is 1. The minimum absolute atomic E-state index is 0.0815. The molecule has 3 heteroatoms. The monoisotopic (exact) mass is 176 g/mol. The molecule has 68 valence electrons. The van der Waals surface area contributed by atoms with Crippen molar-refractivity contribution in [3.63, 3.8) is 0 Å². The number of amides is 1. The van der Waals surface area contributed by atoms with Crippen molar-refractivity contribution in [2.45, 2.75) is 12.5 Å². The highest BCUT2D eigenvalue weighted by Gasteiger charge is 2.22. The first kappa shape index (κ1) is 8.26. The van der Waals surface area contributed by atoms with Crippen LogP contribution in [0.4, 0.5) is 5.69 Å². The summed E-state index contributed by atoms with van der Waals surface area (Å²) in [4.78, 5) is 11.2. The van der Waals surface area contributed by atoms with E-state index in [1.807, 2.05) is 31.3 Å². The van der Waals surface area contributed by atoms with Gasteiger partial charge in [-0.1, -0.05) is 18.2 Å². The molecule has 0 radical (unpaired) electrons. The summed E-state index contributed by atoms with van der Waals surface area (Å²) in [5.74, 6) is 0.0815. The van der Waals surface area contributed by atoms with E-state index >= 15 is 0 Å². The lowest BCUT2D eigenvalue weighted by Gasteiger charge is -2.24. The predicted octanol–water partition coefficient (Wildman–Crippen LogP) is 1.29. The molecular weight excluding hydrogens is 164 g/mol. The Kier molecular flexibility index (Phi) is 2.02. The maximum absolute atomic E-state index is 11.2. The summed E-state index contributed by atoms with van der Waals surface area (Å²) in [6.45, 7) is 0. The molecule has 1 aliphatic heterocycles. The van der Waals surface area contributed by atoms with Gasteiger partial charge in [0.15, 0.2) is 0 Å². The maximum Gasteiger partial charge on any atom is 0.226 e. The van der Waals surface area contributed by atoms with E-state index in [0.29, 0.717) is 6.42 Å². The summed E-state index contributed by atoms with van der Waals surface area (Å²) in [6.07, 6.45) is 0.521. The summed E-state index contributed by atoms with van der Waals surface area (Å²) in [5.41, 5.74) is 2.10. The second-order valence-corrected chi connectivity index (χ2v) is 3.18. The van der Waals surface area contributed by atoms with Crippen LogP contribution in [-0.2, 0) is 4.79 Å². The Labute approximate surface area is 77.1 Å². The van der Waals surface area contributed by atoms with Gasteiger partial charge in [-0.05, 0) is 18.7 Å². The van der Waals surface area contributed by atoms with Crippen LogP contribution in [0.1, 0.15) is 18.0 Å². The van der Waals surface area contributed by atoms with Gasteiger partial charge in [-0.2, -0.15) is 0 Å². The third-order valence-electron chi connectivity index (χ3n) is 2.35. The molecule has 0 saturated carbocycles. The molecular formula is C10H12N2O. The number of benzene rings is 1. The van der Waals surface area contributed by atoms with Gasteiger partial charge >= 0.3 is 0 Å². The molecule has 1 aliphatic rings. The smallest absolute Gasteiger partial charge is 0.226 e. The van der Waals surface area contributed by atoms with E-state index in [1.165, 1.54) is 5.56 Å². The molecule has 1 aromatic rings. The number of carbonyl (C=O) groups is 1. The zero-order valence-electron chi connectivity index (χ0n) is 7.50. The highest BCUT2D eigenvalue weighted by atomic mass is 16.1. The summed E-state index contributed by atoms with van der Waals surface area (Å²) >= 11 is 0. The first-order chi connectivity index (χ1) is 6.31. The minimum atomic E-state index is 0.0815. The molecule has 0 aliphatic carbocycles. The number of rotatable bonds is 1. The largest absolute Gasteiger partial charge is 0.326 e. The Morgan fingerprint density at radius 1 is 1.46 bits per heavy atom. The third kappa shape index (κ3) is 1.42. The molecule has 13 heavy (non-hydrogen) atoms. The fourth-order valence-corrected chi connectivity index (χ4v) is 1.67. The summed E-state index contributed by atoms with van der Waals surface area (Å²) in [5, 5.41) is 5.97. The van der Waals surface area contributed by atoms with Crippen molar-refractivity contribution >= 4 is 11.6 Å². The SMILES string of the molecule is CNC1CC(=O)Nc2ccccc21. The van der Waals surface area contributed by atoms with Crippen molar-refractivity contribution in [3.05, 3.63) is 29.8 Å². The number of fused-ring (bicyclic) bond motifs is 1. The van der Waals surface area contributed by atoms with E-state index in [9.17, 15) is 4.79 Å². The molecule has 1 amide bonds. The first-order valence-electron chi connectivity index (χ1n) is 4.37. The van der Waals surface area contributed by atoms with Crippen LogP contribution >= 0.6 is 0 Å². The van der Waals surface area contributed by atoms with Crippen molar-refractivity contribution < 1.29 is 4.79 Å². The second-order valence-electron chi connectivity index (χ2n) is 3.18. The van der Waals surface area contributed by atoms with Crippen molar-refractivity contribution in [1.82, 2.24) is 5.32 Å². The van der Waals surface area contributed by atoms with Crippen LogP contribution in [0.3, 0.4) is 0 Å². The molecule has 0 bridgehead atoms. The van der Waals surface area contributed by atoms with Crippen LogP contribution in [0.15, 0.2) is 24.3 Å². The Bertz CT molecular complexity index is 335. The standard InChI is InChI=1S/C10H12N2O/c1-11-9-6-10(13)12-8-5-3-2-4-7(8)9/h2-5,9,11H,6H2,1H3,(H,12,13). The first-order valence-corrected chi connectivity index (χ1v) is 4.37. The van der Waals surface area contributed by atoms with Gasteiger partial charge in [-0.15, -0.1) is 0 Å². The number of hydrogen-bond donors (Lipinski definition) is 2.